The van der Waals surface area contributed by atoms with E-state index in [4.69, 9.17) is 4.98 Å². The van der Waals surface area contributed by atoms with E-state index >= 15 is 0 Å². The van der Waals surface area contributed by atoms with Gasteiger partial charge in [-0.15, -0.1) is 0 Å². The van der Waals surface area contributed by atoms with Crippen molar-refractivity contribution in [1.29, 1.82) is 0 Å². The van der Waals surface area contributed by atoms with Gasteiger partial charge in [0.05, 0.1) is 17.4 Å². The predicted molar refractivity (Wildman–Crippen MR) is 133 cm³/mol. The van der Waals surface area contributed by atoms with Gasteiger partial charge in [0.1, 0.15) is 5.69 Å². The quantitative estimate of drug-likeness (QED) is 0.663. The number of aryl methyl sites for hydroxylation is 1. The number of nitrogens with one attached hydrogen (secondary N) is 1. The molecule has 0 radical (unpaired) electrons. The molecule has 0 spiro atoms. The number of benzene rings is 2. The molecular formula is C25H29N7O. The lowest BCUT2D eigenvalue weighted by Crippen LogP contribution is -2.44. The van der Waals surface area contributed by atoms with Crippen LogP contribution >= 0.6 is 0 Å². The van der Waals surface area contributed by atoms with E-state index in [1.165, 1.54) is 11.3 Å². The number of fused-ring (bicyclic) bond motifs is 2. The standard InChI is InChI=1S/C25H29N7O/c1-17-15-18(9-10-20(17)32-13-11-29(2)12-14-32)27-25-26-16-22-23(28-25)30(3)21-8-6-5-7-19(21)24(33)31(22)4/h5-10,15-16H,11-14H2,1-4H3,(H,26,27,28). The molecule has 0 bridgehead atoms. The van der Waals surface area contributed by atoms with Crippen LogP contribution in [0.3, 0.4) is 0 Å². The van der Waals surface area contributed by atoms with Crippen LogP contribution in [0.25, 0.3) is 0 Å². The van der Waals surface area contributed by atoms with Gasteiger partial charge in [-0.2, -0.15) is 4.98 Å². The Morgan fingerprint density at radius 1 is 0.879 bits per heavy atom. The van der Waals surface area contributed by atoms with Gasteiger partial charge in [0.15, 0.2) is 5.82 Å². The number of likely N-dealkylation sites (N-methyl/N-ethyl adjacent to an activating group) is 1. The monoisotopic (exact) mass is 443 g/mol. The zero-order chi connectivity index (χ0) is 23.1. The predicted octanol–water partition coefficient (Wildman–Crippen LogP) is 3.64. The molecule has 3 heterocycles. The number of rotatable bonds is 3. The summed E-state index contributed by atoms with van der Waals surface area (Å²) in [7, 11) is 5.85. The third-order valence-corrected chi connectivity index (χ3v) is 6.53. The fraction of sp³-hybridized carbons (Fsp3) is 0.320. The van der Waals surface area contributed by atoms with E-state index in [-0.39, 0.29) is 5.91 Å². The van der Waals surface area contributed by atoms with E-state index in [0.29, 0.717) is 23.0 Å². The SMILES string of the molecule is Cc1cc(Nc2ncc3c(n2)N(C)c2ccccc2C(=O)N3C)ccc1N1CCN(C)CC1. The highest BCUT2D eigenvalue weighted by molar-refractivity contribution is 6.13. The van der Waals surface area contributed by atoms with Gasteiger partial charge in [-0.25, -0.2) is 4.98 Å². The molecule has 0 unspecified atom stereocenters. The van der Waals surface area contributed by atoms with Crippen LogP contribution in [-0.4, -0.2) is 68.1 Å². The number of anilines is 6. The van der Waals surface area contributed by atoms with Gasteiger partial charge in [-0.3, -0.25) is 4.79 Å². The van der Waals surface area contributed by atoms with Crippen molar-refractivity contribution >= 4 is 40.4 Å². The van der Waals surface area contributed by atoms with Crippen LogP contribution in [0.2, 0.25) is 0 Å². The number of piperazine rings is 1. The van der Waals surface area contributed by atoms with Crippen LogP contribution in [0.5, 0.6) is 0 Å². The number of carbonyl (C=O) groups excluding carboxylic acids is 1. The molecule has 1 fully saturated rings. The molecule has 0 aliphatic carbocycles. The summed E-state index contributed by atoms with van der Waals surface area (Å²) in [6.45, 7) is 6.38. The number of hydrogen-bond acceptors (Lipinski definition) is 7. The Morgan fingerprint density at radius 2 is 1.64 bits per heavy atom. The second kappa shape index (κ2) is 8.37. The van der Waals surface area contributed by atoms with Gasteiger partial charge in [0, 0.05) is 51.6 Å². The molecular weight excluding hydrogens is 414 g/mol. The van der Waals surface area contributed by atoms with Crippen molar-refractivity contribution < 1.29 is 4.79 Å². The minimum Gasteiger partial charge on any atom is -0.369 e. The van der Waals surface area contributed by atoms with Crippen molar-refractivity contribution in [2.45, 2.75) is 6.92 Å². The Balaban J connectivity index is 1.42. The molecule has 2 aliphatic heterocycles. The molecule has 2 aromatic carbocycles. The van der Waals surface area contributed by atoms with E-state index in [2.05, 4.69) is 52.3 Å². The Morgan fingerprint density at radius 3 is 2.39 bits per heavy atom. The first-order chi connectivity index (χ1) is 15.9. The third kappa shape index (κ3) is 3.87. The van der Waals surface area contributed by atoms with Gasteiger partial charge in [-0.05, 0) is 49.9 Å². The van der Waals surface area contributed by atoms with Crippen molar-refractivity contribution in [3.8, 4) is 0 Å². The Labute approximate surface area is 194 Å². The molecule has 170 valence electrons. The zero-order valence-corrected chi connectivity index (χ0v) is 19.5. The van der Waals surface area contributed by atoms with E-state index < -0.39 is 0 Å². The van der Waals surface area contributed by atoms with Crippen molar-refractivity contribution in [2.24, 2.45) is 0 Å². The molecule has 8 heteroatoms. The normalized spacial score (nSPS) is 16.4. The Kier molecular flexibility index (Phi) is 5.38. The summed E-state index contributed by atoms with van der Waals surface area (Å²) in [5.41, 5.74) is 5.57. The first-order valence-electron chi connectivity index (χ1n) is 11.2. The summed E-state index contributed by atoms with van der Waals surface area (Å²) in [6.07, 6.45) is 1.70. The topological polar surface area (TPSA) is 67.8 Å². The number of amides is 1. The average Bonchev–Trinajstić information content (AvgIpc) is 2.90. The fourth-order valence-electron chi connectivity index (χ4n) is 4.53. The lowest BCUT2D eigenvalue weighted by Gasteiger charge is -2.35. The molecule has 1 amide bonds. The third-order valence-electron chi connectivity index (χ3n) is 6.53. The zero-order valence-electron chi connectivity index (χ0n) is 19.5. The molecule has 0 atom stereocenters. The first-order valence-corrected chi connectivity index (χ1v) is 11.2. The summed E-state index contributed by atoms with van der Waals surface area (Å²) < 4.78 is 0. The van der Waals surface area contributed by atoms with Crippen LogP contribution in [-0.2, 0) is 0 Å². The lowest BCUT2D eigenvalue weighted by molar-refractivity contribution is 0.0994. The van der Waals surface area contributed by atoms with Crippen molar-refractivity contribution in [3.05, 3.63) is 59.8 Å². The first kappa shape index (κ1) is 21.2. The summed E-state index contributed by atoms with van der Waals surface area (Å²) in [5.74, 6) is 1.10. The molecule has 8 nitrogen and oxygen atoms in total. The van der Waals surface area contributed by atoms with Crippen LogP contribution < -0.4 is 20.0 Å². The minimum absolute atomic E-state index is 0.0735. The fourth-order valence-corrected chi connectivity index (χ4v) is 4.53. The van der Waals surface area contributed by atoms with Crippen LogP contribution in [0, 0.1) is 6.92 Å². The van der Waals surface area contributed by atoms with Gasteiger partial charge in [0.2, 0.25) is 5.95 Å². The maximum atomic E-state index is 13.0. The molecule has 33 heavy (non-hydrogen) atoms. The van der Waals surface area contributed by atoms with Crippen molar-refractivity contribution in [2.75, 3.05) is 67.3 Å². The molecule has 1 aromatic heterocycles. The van der Waals surface area contributed by atoms with E-state index in [1.54, 1.807) is 18.1 Å². The number of carbonyl (C=O) groups is 1. The average molecular weight is 444 g/mol. The molecule has 2 aliphatic rings. The van der Waals surface area contributed by atoms with E-state index in [0.717, 1.165) is 37.6 Å². The smallest absolute Gasteiger partial charge is 0.260 e. The second-order valence-corrected chi connectivity index (χ2v) is 8.76. The summed E-state index contributed by atoms with van der Waals surface area (Å²) in [4.78, 5) is 30.6. The molecule has 3 aromatic rings. The summed E-state index contributed by atoms with van der Waals surface area (Å²) in [6, 6.07) is 14.0. The summed E-state index contributed by atoms with van der Waals surface area (Å²) >= 11 is 0. The van der Waals surface area contributed by atoms with Gasteiger partial charge in [0.25, 0.3) is 5.91 Å². The van der Waals surface area contributed by atoms with Crippen molar-refractivity contribution in [3.63, 3.8) is 0 Å². The summed E-state index contributed by atoms with van der Waals surface area (Å²) in [5, 5.41) is 3.34. The lowest BCUT2D eigenvalue weighted by atomic mass is 10.1. The van der Waals surface area contributed by atoms with Crippen LogP contribution in [0.15, 0.2) is 48.7 Å². The van der Waals surface area contributed by atoms with Crippen molar-refractivity contribution in [1.82, 2.24) is 14.9 Å². The Bertz CT molecular complexity index is 1200. The number of nitrogens with zero attached hydrogens (tertiary/aromatic N) is 6. The molecule has 1 N–H and O–H groups in total. The number of aromatic nitrogens is 2. The highest BCUT2D eigenvalue weighted by atomic mass is 16.2. The molecule has 5 rings (SSSR count). The number of hydrogen-bond donors (Lipinski definition) is 1. The van der Waals surface area contributed by atoms with Crippen LogP contribution in [0.1, 0.15) is 15.9 Å². The maximum absolute atomic E-state index is 13.0. The highest BCUT2D eigenvalue weighted by Gasteiger charge is 2.28. The molecule has 0 saturated carbocycles. The van der Waals surface area contributed by atoms with Gasteiger partial charge >= 0.3 is 0 Å². The van der Waals surface area contributed by atoms with Gasteiger partial charge in [-0.1, -0.05) is 12.1 Å². The van der Waals surface area contributed by atoms with E-state index in [9.17, 15) is 4.79 Å². The maximum Gasteiger partial charge on any atom is 0.260 e. The second-order valence-electron chi connectivity index (χ2n) is 8.76. The highest BCUT2D eigenvalue weighted by Crippen LogP contribution is 2.38. The molecule has 1 saturated heterocycles. The Hall–Kier alpha value is -3.65. The van der Waals surface area contributed by atoms with Crippen LogP contribution in [0.4, 0.5) is 34.5 Å². The number of para-hydroxylation sites is 1. The minimum atomic E-state index is -0.0735. The largest absolute Gasteiger partial charge is 0.369 e. The van der Waals surface area contributed by atoms with E-state index in [1.807, 2.05) is 36.2 Å². The van der Waals surface area contributed by atoms with Gasteiger partial charge < -0.3 is 24.9 Å².